The largest absolute Gasteiger partial charge is 0.457 e. The molecule has 6 heteroatoms. The number of allylic oxidation sites excluding steroid dienone is 14. The minimum Gasteiger partial charge on any atom is -0.457 e. The molecule has 6 aliphatic rings. The SMILES string of the molecule is CCN1/C(=C\C=C2/CCCC(/C=C/C3=[N+](CC)c4ccc5ccccc5c4C3(C)C)=C2Oc2ccc(OC3=C(/C=C/C4=[N+](CC)c5ccc6ccccc6c5C4(C)C)CCC/C3=C\C=C3\N(CC)c4ccc5ccccc5c4C3(C)C)cc2)C(C)(C)c2c1ccc1ccccc21. The molecule has 4 aliphatic heterocycles. The van der Waals surface area contributed by atoms with Gasteiger partial charge in [0.05, 0.1) is 10.8 Å². The van der Waals surface area contributed by atoms with Gasteiger partial charge in [-0.25, -0.2) is 0 Å². The van der Waals surface area contributed by atoms with Gasteiger partial charge in [0.15, 0.2) is 11.4 Å². The molecule has 0 unspecified atom stereocenters. The molecule has 0 atom stereocenters. The Kier molecular flexibility index (Phi) is 15.8. The third kappa shape index (κ3) is 10.2. The summed E-state index contributed by atoms with van der Waals surface area (Å²) >= 11 is 0. The van der Waals surface area contributed by atoms with Crippen LogP contribution in [-0.2, 0) is 21.7 Å². The lowest BCUT2D eigenvalue weighted by molar-refractivity contribution is -0.433. The van der Waals surface area contributed by atoms with E-state index in [0.29, 0.717) is 0 Å². The third-order valence-corrected chi connectivity index (χ3v) is 22.3. The van der Waals surface area contributed by atoms with Gasteiger partial charge in [-0.05, 0) is 243 Å². The summed E-state index contributed by atoms with van der Waals surface area (Å²) in [5.41, 5.74) is 19.9. The second-order valence-electron chi connectivity index (χ2n) is 29.2. The van der Waals surface area contributed by atoms with Crippen LogP contribution in [0.4, 0.5) is 22.7 Å². The van der Waals surface area contributed by atoms with E-state index in [9.17, 15) is 0 Å². The number of anilines is 2. The highest BCUT2D eigenvalue weighted by molar-refractivity contribution is 6.09. The molecule has 2 aliphatic carbocycles. The van der Waals surface area contributed by atoms with Crippen molar-refractivity contribution in [3.8, 4) is 11.5 Å². The van der Waals surface area contributed by atoms with Gasteiger partial charge in [-0.2, -0.15) is 9.15 Å². The molecule has 15 rings (SSSR count). The van der Waals surface area contributed by atoms with Crippen molar-refractivity contribution in [2.75, 3.05) is 36.0 Å². The molecule has 0 saturated carbocycles. The van der Waals surface area contributed by atoms with Crippen LogP contribution in [0.5, 0.6) is 11.5 Å². The summed E-state index contributed by atoms with van der Waals surface area (Å²) in [6.07, 6.45) is 24.8. The van der Waals surface area contributed by atoms with Crippen LogP contribution in [-0.4, -0.2) is 46.8 Å². The molecule has 0 spiro atoms. The number of fused-ring (bicyclic) bond motifs is 12. The van der Waals surface area contributed by atoms with Gasteiger partial charge >= 0.3 is 0 Å². The van der Waals surface area contributed by atoms with Crippen molar-refractivity contribution >= 4 is 77.3 Å². The smallest absolute Gasteiger partial charge is 0.210 e. The molecule has 0 aromatic heterocycles. The van der Waals surface area contributed by atoms with E-state index in [0.717, 1.165) is 87.7 Å². The fourth-order valence-electron chi connectivity index (χ4n) is 17.7. The molecule has 4 heterocycles. The van der Waals surface area contributed by atoms with Gasteiger partial charge in [0.25, 0.3) is 0 Å². The second kappa shape index (κ2) is 24.3. The van der Waals surface area contributed by atoms with E-state index >= 15 is 0 Å². The highest BCUT2D eigenvalue weighted by Gasteiger charge is 2.48. The molecular weight excluding hydrogens is 1170 g/mol. The number of nitrogens with zero attached hydrogens (tertiary/aromatic N) is 4. The first kappa shape index (κ1) is 62.6. The molecule has 9 aromatic carbocycles. The Morgan fingerprint density at radius 1 is 0.365 bits per heavy atom. The normalized spacial score (nSPS) is 20.3. The minimum atomic E-state index is -0.225. The van der Waals surface area contributed by atoms with Crippen molar-refractivity contribution < 1.29 is 18.6 Å². The number of rotatable bonds is 14. The molecule has 482 valence electrons. The van der Waals surface area contributed by atoms with Crippen molar-refractivity contribution in [1.82, 2.24) is 0 Å². The molecule has 0 saturated heterocycles. The van der Waals surface area contributed by atoms with Gasteiger partial charge in [-0.1, -0.05) is 149 Å². The van der Waals surface area contributed by atoms with Crippen LogP contribution in [0, 0.1) is 0 Å². The molecule has 0 amide bonds. The first-order valence-corrected chi connectivity index (χ1v) is 35.5. The monoisotopic (exact) mass is 1260 g/mol. The summed E-state index contributed by atoms with van der Waals surface area (Å²) in [7, 11) is 0. The lowest BCUT2D eigenvalue weighted by atomic mass is 9.78. The zero-order valence-corrected chi connectivity index (χ0v) is 58.5. The van der Waals surface area contributed by atoms with Crippen molar-refractivity contribution in [3.05, 3.63) is 286 Å². The Hall–Kier alpha value is -9.52. The minimum absolute atomic E-state index is 0.225. The highest BCUT2D eigenvalue weighted by atomic mass is 16.5. The van der Waals surface area contributed by atoms with Crippen LogP contribution in [0.1, 0.15) is 144 Å². The standard InChI is InChI=1S/C90H92N4O2/c1-13-91-73-51-39-59-27-17-21-35-69(59)81(73)87(5,6)77(91)55-43-63-31-25-32-64(44-56-78-88(7,8)82-70-36-22-18-28-60(70)40-52-74(82)92(78)14-2)85(63)95-67-47-49-68(50-48-67)96-86-65(45-57-79-89(9,10)83-71-37-23-19-29-61(71)41-53-75(83)93(79)15-3)33-26-34-66(86)46-58-80-90(11,12)84-72-38-24-20-30-62(72)42-54-76(84)94(80)16-4/h17-24,27-30,35-58H,13-16,25-26,31-34H2,1-12H3/q+2. The summed E-state index contributed by atoms with van der Waals surface area (Å²) in [5.74, 6) is 3.43. The van der Waals surface area contributed by atoms with Gasteiger partial charge in [0.1, 0.15) is 36.1 Å². The Bertz CT molecular complexity index is 4720. The van der Waals surface area contributed by atoms with E-state index in [-0.39, 0.29) is 21.7 Å². The van der Waals surface area contributed by atoms with Crippen LogP contribution < -0.4 is 19.3 Å². The quantitative estimate of drug-likeness (QED) is 0.102. The fraction of sp³-hybridized carbons (Fsp3) is 0.289. The number of hydrogen-bond acceptors (Lipinski definition) is 4. The van der Waals surface area contributed by atoms with Gasteiger partial charge in [-0.15, -0.1) is 0 Å². The van der Waals surface area contributed by atoms with Crippen LogP contribution in [0.3, 0.4) is 0 Å². The molecule has 0 radical (unpaired) electrons. The summed E-state index contributed by atoms with van der Waals surface area (Å²) in [6, 6.07) is 62.4. The maximum atomic E-state index is 7.41. The van der Waals surface area contributed by atoms with Gasteiger partial charge in [-0.3, -0.25) is 0 Å². The lowest BCUT2D eigenvalue weighted by Crippen LogP contribution is -2.28. The van der Waals surface area contributed by atoms with Crippen molar-refractivity contribution in [2.24, 2.45) is 0 Å². The van der Waals surface area contributed by atoms with Crippen molar-refractivity contribution in [1.29, 1.82) is 0 Å². The Morgan fingerprint density at radius 2 is 0.708 bits per heavy atom. The van der Waals surface area contributed by atoms with Crippen LogP contribution in [0.25, 0.3) is 43.1 Å². The zero-order chi connectivity index (χ0) is 66.4. The fourth-order valence-corrected chi connectivity index (χ4v) is 17.7. The predicted octanol–water partition coefficient (Wildman–Crippen LogP) is 22.5. The summed E-state index contributed by atoms with van der Waals surface area (Å²) in [5, 5.41) is 10.4. The number of benzene rings is 9. The summed E-state index contributed by atoms with van der Waals surface area (Å²) < 4.78 is 19.9. The first-order chi connectivity index (χ1) is 46.5. The van der Waals surface area contributed by atoms with E-state index in [1.54, 1.807) is 0 Å². The third-order valence-electron chi connectivity index (χ3n) is 22.3. The summed E-state index contributed by atoms with van der Waals surface area (Å²) in [6.45, 7) is 31.8. The summed E-state index contributed by atoms with van der Waals surface area (Å²) in [4.78, 5) is 5.05. The topological polar surface area (TPSA) is 31.0 Å². The zero-order valence-electron chi connectivity index (χ0n) is 58.5. The van der Waals surface area contributed by atoms with E-state index < -0.39 is 0 Å². The van der Waals surface area contributed by atoms with Crippen LogP contribution >= 0.6 is 0 Å². The van der Waals surface area contributed by atoms with Gasteiger partial charge in [0, 0.05) is 82.1 Å². The van der Waals surface area contributed by atoms with E-state index in [4.69, 9.17) is 9.47 Å². The molecular formula is C90H92N4O2+2. The van der Waals surface area contributed by atoms with E-state index in [1.807, 2.05) is 0 Å². The molecule has 9 aromatic rings. The molecule has 0 fully saturated rings. The maximum Gasteiger partial charge on any atom is 0.210 e. The predicted molar refractivity (Wildman–Crippen MR) is 405 cm³/mol. The first-order valence-electron chi connectivity index (χ1n) is 35.5. The molecule has 96 heavy (non-hydrogen) atoms. The molecule has 0 bridgehead atoms. The van der Waals surface area contributed by atoms with Gasteiger partial charge < -0.3 is 19.3 Å². The number of likely N-dealkylation sites (N-methyl/N-ethyl adjacent to an activating group) is 2. The Morgan fingerprint density at radius 3 is 1.06 bits per heavy atom. The average Bonchev–Trinajstić information content (AvgIpc) is 1.60. The maximum absolute atomic E-state index is 7.41. The van der Waals surface area contributed by atoms with E-state index in [1.165, 1.54) is 133 Å². The average molecular weight is 1260 g/mol. The number of ether oxygens (including phenoxy) is 2. The van der Waals surface area contributed by atoms with Crippen molar-refractivity contribution in [3.63, 3.8) is 0 Å². The van der Waals surface area contributed by atoms with E-state index in [2.05, 4.69) is 321 Å². The van der Waals surface area contributed by atoms with Crippen LogP contribution in [0.15, 0.2) is 264 Å². The van der Waals surface area contributed by atoms with Gasteiger partial charge in [0.2, 0.25) is 11.4 Å². The second-order valence-corrected chi connectivity index (χ2v) is 29.2. The highest BCUT2D eigenvalue weighted by Crippen LogP contribution is 2.54. The molecule has 6 nitrogen and oxygen atoms in total. The Labute approximate surface area is 569 Å². The van der Waals surface area contributed by atoms with Crippen LogP contribution in [0.2, 0.25) is 0 Å². The lowest BCUT2D eigenvalue weighted by Gasteiger charge is -2.27. The Balaban J connectivity index is 0.818. The molecule has 0 N–H and O–H groups in total. The number of hydrogen-bond donors (Lipinski definition) is 0. The van der Waals surface area contributed by atoms with Crippen molar-refractivity contribution in [2.45, 2.75) is 143 Å².